The highest BCUT2D eigenvalue weighted by Crippen LogP contribution is 2.24. The van der Waals surface area contributed by atoms with Crippen molar-refractivity contribution in [3.8, 4) is 0 Å². The third kappa shape index (κ3) is 3.27. The Labute approximate surface area is 116 Å². The van der Waals surface area contributed by atoms with Crippen LogP contribution < -0.4 is 10.2 Å². The van der Waals surface area contributed by atoms with Gasteiger partial charge >= 0.3 is 0 Å². The molecule has 1 aliphatic heterocycles. The van der Waals surface area contributed by atoms with Crippen molar-refractivity contribution in [3.05, 3.63) is 29.6 Å². The first-order chi connectivity index (χ1) is 9.13. The van der Waals surface area contributed by atoms with Gasteiger partial charge in [-0.3, -0.25) is 0 Å². The van der Waals surface area contributed by atoms with Crippen molar-refractivity contribution in [1.82, 2.24) is 5.32 Å². The van der Waals surface area contributed by atoms with Crippen molar-refractivity contribution in [1.29, 1.82) is 0 Å². The molecule has 2 nitrogen and oxygen atoms in total. The molecule has 19 heavy (non-hydrogen) atoms. The number of nitrogens with one attached hydrogen (secondary N) is 1. The summed E-state index contributed by atoms with van der Waals surface area (Å²) in [4.78, 5) is 2.34. The maximum absolute atomic E-state index is 13.7. The van der Waals surface area contributed by atoms with Gasteiger partial charge in [-0.25, -0.2) is 4.39 Å². The second-order valence-electron chi connectivity index (χ2n) is 5.63. The number of halogens is 1. The molecule has 1 aromatic rings. The molecule has 1 N–H and O–H groups in total. The van der Waals surface area contributed by atoms with Crippen LogP contribution in [-0.4, -0.2) is 25.7 Å². The van der Waals surface area contributed by atoms with E-state index >= 15 is 0 Å². The molecular formula is C16H25FN2. The SMILES string of the molecule is CCC(C)C1CN(c2cccc(F)c2C)CCCN1. The second kappa shape index (κ2) is 6.38. The predicted molar refractivity (Wildman–Crippen MR) is 79.2 cm³/mol. The fraction of sp³-hybridized carbons (Fsp3) is 0.625. The van der Waals surface area contributed by atoms with Gasteiger partial charge in [-0.05, 0) is 37.9 Å². The molecular weight excluding hydrogens is 239 g/mol. The molecule has 0 aromatic heterocycles. The highest BCUT2D eigenvalue weighted by Gasteiger charge is 2.23. The summed E-state index contributed by atoms with van der Waals surface area (Å²) in [5.74, 6) is 0.546. The van der Waals surface area contributed by atoms with Crippen LogP contribution in [0.1, 0.15) is 32.3 Å². The van der Waals surface area contributed by atoms with Gasteiger partial charge in [0.15, 0.2) is 0 Å². The van der Waals surface area contributed by atoms with Crippen molar-refractivity contribution in [2.24, 2.45) is 5.92 Å². The van der Waals surface area contributed by atoms with E-state index in [2.05, 4.69) is 24.1 Å². The molecule has 1 saturated heterocycles. The van der Waals surface area contributed by atoms with E-state index in [1.165, 1.54) is 6.42 Å². The lowest BCUT2D eigenvalue weighted by Gasteiger charge is -2.30. The molecule has 1 aliphatic rings. The van der Waals surface area contributed by atoms with Gasteiger partial charge in [-0.15, -0.1) is 0 Å². The van der Waals surface area contributed by atoms with Crippen LogP contribution in [0.4, 0.5) is 10.1 Å². The number of benzene rings is 1. The second-order valence-corrected chi connectivity index (χ2v) is 5.63. The average molecular weight is 264 g/mol. The van der Waals surface area contributed by atoms with E-state index in [-0.39, 0.29) is 5.82 Å². The number of rotatable bonds is 3. The van der Waals surface area contributed by atoms with Crippen molar-refractivity contribution in [2.75, 3.05) is 24.5 Å². The standard InChI is InChI=1S/C16H25FN2/c1-4-12(2)15-11-19(10-6-9-18-15)16-8-5-7-14(17)13(16)3/h5,7-8,12,15,18H,4,6,9-11H2,1-3H3. The van der Waals surface area contributed by atoms with Crippen LogP contribution in [0, 0.1) is 18.7 Å². The lowest BCUT2D eigenvalue weighted by Crippen LogP contribution is -2.42. The van der Waals surface area contributed by atoms with Gasteiger partial charge < -0.3 is 10.2 Å². The first-order valence-corrected chi connectivity index (χ1v) is 7.37. The van der Waals surface area contributed by atoms with E-state index < -0.39 is 0 Å². The molecule has 2 atom stereocenters. The molecule has 0 aliphatic carbocycles. The normalized spacial score (nSPS) is 22.1. The third-order valence-corrected chi connectivity index (χ3v) is 4.34. The highest BCUT2D eigenvalue weighted by atomic mass is 19.1. The quantitative estimate of drug-likeness (QED) is 0.900. The summed E-state index contributed by atoms with van der Waals surface area (Å²) in [7, 11) is 0. The van der Waals surface area contributed by atoms with E-state index in [1.54, 1.807) is 6.07 Å². The van der Waals surface area contributed by atoms with Gasteiger partial charge in [-0.1, -0.05) is 26.3 Å². The van der Waals surface area contributed by atoms with Crippen LogP contribution in [-0.2, 0) is 0 Å². The average Bonchev–Trinajstić information content (AvgIpc) is 2.67. The Morgan fingerprint density at radius 3 is 3.00 bits per heavy atom. The van der Waals surface area contributed by atoms with Gasteiger partial charge in [-0.2, -0.15) is 0 Å². The summed E-state index contributed by atoms with van der Waals surface area (Å²) in [6, 6.07) is 5.89. The fourth-order valence-electron chi connectivity index (χ4n) is 2.77. The van der Waals surface area contributed by atoms with Crippen LogP contribution in [0.5, 0.6) is 0 Å². The lowest BCUT2D eigenvalue weighted by atomic mass is 9.98. The molecule has 2 rings (SSSR count). The van der Waals surface area contributed by atoms with E-state index in [4.69, 9.17) is 0 Å². The van der Waals surface area contributed by atoms with E-state index in [1.807, 2.05) is 19.1 Å². The summed E-state index contributed by atoms with van der Waals surface area (Å²) >= 11 is 0. The Morgan fingerprint density at radius 2 is 2.26 bits per heavy atom. The molecule has 0 saturated carbocycles. The van der Waals surface area contributed by atoms with E-state index in [0.717, 1.165) is 37.3 Å². The zero-order valence-electron chi connectivity index (χ0n) is 12.2. The first kappa shape index (κ1) is 14.3. The minimum atomic E-state index is -0.102. The van der Waals surface area contributed by atoms with Crippen LogP contribution in [0.3, 0.4) is 0 Å². The Hall–Kier alpha value is -1.09. The fourth-order valence-corrected chi connectivity index (χ4v) is 2.77. The Morgan fingerprint density at radius 1 is 1.47 bits per heavy atom. The van der Waals surface area contributed by atoms with Crippen LogP contribution >= 0.6 is 0 Å². The Balaban J connectivity index is 2.20. The van der Waals surface area contributed by atoms with Gasteiger partial charge in [0.05, 0.1) is 0 Å². The molecule has 0 spiro atoms. The van der Waals surface area contributed by atoms with E-state index in [0.29, 0.717) is 12.0 Å². The van der Waals surface area contributed by atoms with Gasteiger partial charge in [0.2, 0.25) is 0 Å². The summed E-state index contributed by atoms with van der Waals surface area (Å²) < 4.78 is 13.7. The summed E-state index contributed by atoms with van der Waals surface area (Å²) in [6.07, 6.45) is 2.29. The number of nitrogens with zero attached hydrogens (tertiary/aromatic N) is 1. The van der Waals surface area contributed by atoms with Crippen molar-refractivity contribution in [3.63, 3.8) is 0 Å². The molecule has 3 heteroatoms. The molecule has 1 aromatic carbocycles. The topological polar surface area (TPSA) is 15.3 Å². The van der Waals surface area contributed by atoms with Gasteiger partial charge in [0.25, 0.3) is 0 Å². The molecule has 106 valence electrons. The number of hydrogen-bond donors (Lipinski definition) is 1. The van der Waals surface area contributed by atoms with Crippen LogP contribution in [0.2, 0.25) is 0 Å². The number of anilines is 1. The highest BCUT2D eigenvalue weighted by molar-refractivity contribution is 5.53. The Bertz CT molecular complexity index is 419. The van der Waals surface area contributed by atoms with Crippen molar-refractivity contribution < 1.29 is 4.39 Å². The maximum Gasteiger partial charge on any atom is 0.128 e. The monoisotopic (exact) mass is 264 g/mol. The molecule has 0 radical (unpaired) electrons. The van der Waals surface area contributed by atoms with Crippen LogP contribution in [0.25, 0.3) is 0 Å². The maximum atomic E-state index is 13.7. The predicted octanol–water partition coefficient (Wildman–Crippen LogP) is 3.35. The van der Waals surface area contributed by atoms with Crippen LogP contribution in [0.15, 0.2) is 18.2 Å². The van der Waals surface area contributed by atoms with Gasteiger partial charge in [0.1, 0.15) is 5.82 Å². The zero-order chi connectivity index (χ0) is 13.8. The minimum Gasteiger partial charge on any atom is -0.370 e. The molecule has 1 fully saturated rings. The van der Waals surface area contributed by atoms with E-state index in [9.17, 15) is 4.39 Å². The smallest absolute Gasteiger partial charge is 0.128 e. The molecule has 2 unspecified atom stereocenters. The summed E-state index contributed by atoms with van der Waals surface area (Å²) in [5, 5.41) is 3.63. The van der Waals surface area contributed by atoms with Crippen molar-refractivity contribution in [2.45, 2.75) is 39.7 Å². The lowest BCUT2D eigenvalue weighted by molar-refractivity contribution is 0.384. The van der Waals surface area contributed by atoms with Crippen molar-refractivity contribution >= 4 is 5.69 Å². The first-order valence-electron chi connectivity index (χ1n) is 7.37. The molecule has 1 heterocycles. The Kier molecular flexibility index (Phi) is 4.81. The summed E-state index contributed by atoms with van der Waals surface area (Å²) in [6.45, 7) is 9.43. The molecule has 0 bridgehead atoms. The summed E-state index contributed by atoms with van der Waals surface area (Å²) in [5.41, 5.74) is 1.82. The third-order valence-electron chi connectivity index (χ3n) is 4.34. The zero-order valence-corrected chi connectivity index (χ0v) is 12.2. The van der Waals surface area contributed by atoms with Gasteiger partial charge in [0, 0.05) is 30.4 Å². The molecule has 0 amide bonds. The largest absolute Gasteiger partial charge is 0.370 e. The minimum absolute atomic E-state index is 0.102. The number of hydrogen-bond acceptors (Lipinski definition) is 2.